The van der Waals surface area contributed by atoms with Crippen LogP contribution in [0.15, 0.2) is 54.6 Å². The molecule has 0 bridgehead atoms. The van der Waals surface area contributed by atoms with Crippen molar-refractivity contribution >= 4 is 17.5 Å². The lowest BCUT2D eigenvalue weighted by Gasteiger charge is -2.23. The van der Waals surface area contributed by atoms with Crippen molar-refractivity contribution in [3.8, 4) is 5.75 Å². The first-order chi connectivity index (χ1) is 12.7. The maximum absolute atomic E-state index is 12.6. The van der Waals surface area contributed by atoms with Gasteiger partial charge in [0.2, 0.25) is 5.91 Å². The van der Waals surface area contributed by atoms with E-state index in [9.17, 15) is 9.59 Å². The molecular weight excluding hydrogens is 328 g/mol. The number of hydrogen-bond acceptors (Lipinski definition) is 3. The van der Waals surface area contributed by atoms with Crippen molar-refractivity contribution in [3.05, 3.63) is 60.2 Å². The summed E-state index contributed by atoms with van der Waals surface area (Å²) >= 11 is 0. The Bertz CT molecular complexity index is 716. The average Bonchev–Trinajstić information content (AvgIpc) is 2.69. The highest BCUT2D eigenvalue weighted by Crippen LogP contribution is 2.16. The number of nitrogens with zero attached hydrogens (tertiary/aromatic N) is 1. The van der Waals surface area contributed by atoms with Crippen molar-refractivity contribution in [2.75, 3.05) is 25.1 Å². The average molecular weight is 354 g/mol. The Morgan fingerprint density at radius 1 is 1.08 bits per heavy atom. The number of hydrogen-bond donors (Lipinski definition) is 1. The summed E-state index contributed by atoms with van der Waals surface area (Å²) in [5.41, 5.74) is 1.41. The molecule has 0 aliphatic heterocycles. The van der Waals surface area contributed by atoms with Gasteiger partial charge in [-0.3, -0.25) is 9.59 Å². The zero-order valence-electron chi connectivity index (χ0n) is 15.4. The Labute approximate surface area is 155 Å². The van der Waals surface area contributed by atoms with E-state index < -0.39 is 0 Å². The standard InChI is InChI=1S/C21H26N2O3/c1-3-4-15-23(18-10-6-5-7-11-18)20(24)13-14-22-21(25)17-9-8-12-19(16-17)26-2/h5-12,16H,3-4,13-15H2,1-2H3,(H,22,25). The molecule has 0 saturated carbocycles. The lowest BCUT2D eigenvalue weighted by molar-refractivity contribution is -0.118. The first-order valence-corrected chi connectivity index (χ1v) is 8.93. The fraction of sp³-hybridized carbons (Fsp3) is 0.333. The fourth-order valence-corrected chi connectivity index (χ4v) is 2.61. The molecular formula is C21H26N2O3. The van der Waals surface area contributed by atoms with Crippen LogP contribution >= 0.6 is 0 Å². The molecule has 138 valence electrons. The number of methoxy groups -OCH3 is 1. The van der Waals surface area contributed by atoms with Crippen molar-refractivity contribution in [2.45, 2.75) is 26.2 Å². The third-order valence-corrected chi connectivity index (χ3v) is 4.06. The van der Waals surface area contributed by atoms with Crippen LogP contribution in [-0.2, 0) is 4.79 Å². The van der Waals surface area contributed by atoms with Gasteiger partial charge in [0.05, 0.1) is 7.11 Å². The zero-order valence-corrected chi connectivity index (χ0v) is 15.4. The predicted octanol–water partition coefficient (Wildman–Crippen LogP) is 3.65. The first-order valence-electron chi connectivity index (χ1n) is 8.93. The van der Waals surface area contributed by atoms with Crippen molar-refractivity contribution in [3.63, 3.8) is 0 Å². The van der Waals surface area contributed by atoms with Crippen LogP contribution in [0.25, 0.3) is 0 Å². The van der Waals surface area contributed by atoms with Crippen molar-refractivity contribution in [1.82, 2.24) is 5.32 Å². The molecule has 2 aromatic rings. The number of ether oxygens (including phenoxy) is 1. The second kappa shape index (κ2) is 10.2. The highest BCUT2D eigenvalue weighted by molar-refractivity contribution is 5.96. The van der Waals surface area contributed by atoms with Gasteiger partial charge >= 0.3 is 0 Å². The number of carbonyl (C=O) groups excluding carboxylic acids is 2. The SMILES string of the molecule is CCCCN(C(=O)CCNC(=O)c1cccc(OC)c1)c1ccccc1. The van der Waals surface area contributed by atoms with E-state index in [0.717, 1.165) is 18.5 Å². The van der Waals surface area contributed by atoms with Crippen LogP contribution in [-0.4, -0.2) is 32.0 Å². The minimum absolute atomic E-state index is 0.00981. The number of carbonyl (C=O) groups is 2. The lowest BCUT2D eigenvalue weighted by Crippen LogP contribution is -2.35. The largest absolute Gasteiger partial charge is 0.497 e. The van der Waals surface area contributed by atoms with Gasteiger partial charge in [-0.15, -0.1) is 0 Å². The second-order valence-corrected chi connectivity index (χ2v) is 5.97. The molecule has 0 radical (unpaired) electrons. The molecule has 0 aliphatic carbocycles. The van der Waals surface area contributed by atoms with Gasteiger partial charge in [-0.1, -0.05) is 37.6 Å². The third kappa shape index (κ3) is 5.62. The van der Waals surface area contributed by atoms with Gasteiger partial charge in [-0.05, 0) is 36.8 Å². The molecule has 2 rings (SSSR count). The maximum atomic E-state index is 12.6. The Morgan fingerprint density at radius 2 is 1.85 bits per heavy atom. The summed E-state index contributed by atoms with van der Waals surface area (Å²) < 4.78 is 5.12. The molecule has 0 unspecified atom stereocenters. The minimum Gasteiger partial charge on any atom is -0.497 e. The molecule has 0 atom stereocenters. The van der Waals surface area contributed by atoms with Crippen LogP contribution < -0.4 is 15.0 Å². The molecule has 5 heteroatoms. The van der Waals surface area contributed by atoms with E-state index in [1.807, 2.05) is 30.3 Å². The van der Waals surface area contributed by atoms with E-state index in [4.69, 9.17) is 4.74 Å². The maximum Gasteiger partial charge on any atom is 0.251 e. The number of benzene rings is 2. The number of rotatable bonds is 9. The van der Waals surface area contributed by atoms with Crippen LogP contribution in [0.2, 0.25) is 0 Å². The summed E-state index contributed by atoms with van der Waals surface area (Å²) in [5, 5.41) is 2.80. The van der Waals surface area contributed by atoms with Crippen molar-refractivity contribution in [2.24, 2.45) is 0 Å². The van der Waals surface area contributed by atoms with Gasteiger partial charge in [0.25, 0.3) is 5.91 Å². The van der Waals surface area contributed by atoms with Gasteiger partial charge in [0.1, 0.15) is 5.75 Å². The number of anilines is 1. The summed E-state index contributed by atoms with van der Waals surface area (Å²) in [6.07, 6.45) is 2.22. The highest BCUT2D eigenvalue weighted by atomic mass is 16.5. The number of amides is 2. The smallest absolute Gasteiger partial charge is 0.251 e. The molecule has 0 spiro atoms. The van der Waals surface area contributed by atoms with E-state index >= 15 is 0 Å². The monoisotopic (exact) mass is 354 g/mol. The molecule has 1 N–H and O–H groups in total. The Hall–Kier alpha value is -2.82. The second-order valence-electron chi connectivity index (χ2n) is 5.97. The quantitative estimate of drug-likeness (QED) is 0.748. The van der Waals surface area contributed by atoms with Crippen LogP contribution in [0, 0.1) is 0 Å². The topological polar surface area (TPSA) is 58.6 Å². The van der Waals surface area contributed by atoms with E-state index in [-0.39, 0.29) is 18.2 Å². The van der Waals surface area contributed by atoms with Gasteiger partial charge in [-0.2, -0.15) is 0 Å². The molecule has 2 amide bonds. The summed E-state index contributed by atoms with van der Waals surface area (Å²) in [4.78, 5) is 26.6. The Kier molecular flexibility index (Phi) is 7.68. The van der Waals surface area contributed by atoms with Gasteiger partial charge < -0.3 is 15.0 Å². The first kappa shape index (κ1) is 19.5. The van der Waals surface area contributed by atoms with E-state index in [1.54, 1.807) is 36.3 Å². The minimum atomic E-state index is -0.212. The molecule has 0 aliphatic rings. The van der Waals surface area contributed by atoms with Gasteiger partial charge in [0, 0.05) is 30.8 Å². The van der Waals surface area contributed by atoms with Crippen LogP contribution in [0.1, 0.15) is 36.5 Å². The normalized spacial score (nSPS) is 10.2. The predicted molar refractivity (Wildman–Crippen MR) is 104 cm³/mol. The molecule has 0 fully saturated rings. The summed E-state index contributed by atoms with van der Waals surface area (Å²) in [6.45, 7) is 3.08. The molecule has 0 aromatic heterocycles. The van der Waals surface area contributed by atoms with Crippen LogP contribution in [0.3, 0.4) is 0 Å². The molecule has 0 saturated heterocycles. The Morgan fingerprint density at radius 3 is 2.54 bits per heavy atom. The summed E-state index contributed by atoms with van der Waals surface area (Å²) in [7, 11) is 1.56. The van der Waals surface area contributed by atoms with Crippen LogP contribution in [0.5, 0.6) is 5.75 Å². The van der Waals surface area contributed by atoms with E-state index in [0.29, 0.717) is 24.4 Å². The van der Waals surface area contributed by atoms with Crippen molar-refractivity contribution in [1.29, 1.82) is 0 Å². The van der Waals surface area contributed by atoms with Crippen molar-refractivity contribution < 1.29 is 14.3 Å². The fourth-order valence-electron chi connectivity index (χ4n) is 2.61. The highest BCUT2D eigenvalue weighted by Gasteiger charge is 2.15. The Balaban J connectivity index is 1.91. The molecule has 5 nitrogen and oxygen atoms in total. The summed E-state index contributed by atoms with van der Waals surface area (Å²) in [5.74, 6) is 0.427. The summed E-state index contributed by atoms with van der Waals surface area (Å²) in [6, 6.07) is 16.6. The van der Waals surface area contributed by atoms with E-state index in [1.165, 1.54) is 0 Å². The lowest BCUT2D eigenvalue weighted by atomic mass is 10.2. The number of para-hydroxylation sites is 1. The number of nitrogens with one attached hydrogen (secondary N) is 1. The van der Waals surface area contributed by atoms with Gasteiger partial charge in [-0.25, -0.2) is 0 Å². The molecule has 2 aromatic carbocycles. The molecule has 26 heavy (non-hydrogen) atoms. The number of unbranched alkanes of at least 4 members (excludes halogenated alkanes) is 1. The van der Waals surface area contributed by atoms with E-state index in [2.05, 4.69) is 12.2 Å². The van der Waals surface area contributed by atoms with Gasteiger partial charge in [0.15, 0.2) is 0 Å². The van der Waals surface area contributed by atoms with Crippen LogP contribution in [0.4, 0.5) is 5.69 Å². The zero-order chi connectivity index (χ0) is 18.8. The molecule has 0 heterocycles. The third-order valence-electron chi connectivity index (χ3n) is 4.06.